The van der Waals surface area contributed by atoms with Crippen LogP contribution in [0.4, 0.5) is 16.3 Å². The van der Waals surface area contributed by atoms with Crippen LogP contribution in [-0.2, 0) is 4.74 Å². The lowest BCUT2D eigenvalue weighted by Gasteiger charge is -2.33. The fourth-order valence-corrected chi connectivity index (χ4v) is 5.75. The summed E-state index contributed by atoms with van der Waals surface area (Å²) in [7, 11) is 0. The summed E-state index contributed by atoms with van der Waals surface area (Å²) in [6.45, 7) is 7.11. The molecular formula is C23H25N5O2S2. The lowest BCUT2D eigenvalue weighted by molar-refractivity contribution is 0.0205. The summed E-state index contributed by atoms with van der Waals surface area (Å²) in [6, 6.07) is 8.37. The van der Waals surface area contributed by atoms with Gasteiger partial charge in [-0.25, -0.2) is 19.7 Å². The van der Waals surface area contributed by atoms with Gasteiger partial charge in [-0.15, -0.1) is 22.7 Å². The second-order valence-corrected chi connectivity index (χ2v) is 10.9. The number of hydrogen-bond donors (Lipinski definition) is 1. The molecule has 1 N–H and O–H groups in total. The normalized spacial score (nSPS) is 15.4. The number of rotatable bonds is 3. The first-order valence-corrected chi connectivity index (χ1v) is 12.4. The number of amides is 1. The van der Waals surface area contributed by atoms with Gasteiger partial charge in [0.15, 0.2) is 0 Å². The van der Waals surface area contributed by atoms with E-state index in [9.17, 15) is 4.79 Å². The van der Waals surface area contributed by atoms with Gasteiger partial charge in [0.25, 0.3) is 0 Å². The minimum Gasteiger partial charge on any atom is -0.444 e. The molecule has 1 saturated heterocycles. The maximum atomic E-state index is 12.4. The summed E-state index contributed by atoms with van der Waals surface area (Å²) in [5.41, 5.74) is 3.33. The number of aromatic nitrogens is 3. The highest BCUT2D eigenvalue weighted by atomic mass is 32.1. The first kappa shape index (κ1) is 21.1. The second-order valence-electron chi connectivity index (χ2n) is 8.99. The molecule has 1 amide bonds. The molecule has 5 rings (SSSR count). The van der Waals surface area contributed by atoms with Gasteiger partial charge < -0.3 is 15.0 Å². The van der Waals surface area contributed by atoms with Crippen molar-refractivity contribution in [1.82, 2.24) is 19.9 Å². The number of hydrogen-bond acceptors (Lipinski definition) is 8. The largest absolute Gasteiger partial charge is 0.444 e. The molecule has 1 aliphatic heterocycles. The molecule has 1 aromatic carbocycles. The Labute approximate surface area is 194 Å². The molecule has 0 aliphatic carbocycles. The molecular weight excluding hydrogens is 442 g/mol. The number of nitrogens with zero attached hydrogens (tertiary/aromatic N) is 4. The SMILES string of the molecule is CC(C)(C)OC(=O)N1CCC(c2cc3c(Nc4ccc5scnc5c4)ncnc3s2)CC1. The van der Waals surface area contributed by atoms with Crippen LogP contribution in [0.1, 0.15) is 44.4 Å². The summed E-state index contributed by atoms with van der Waals surface area (Å²) in [4.78, 5) is 29.8. The van der Waals surface area contributed by atoms with Gasteiger partial charge >= 0.3 is 6.09 Å². The van der Waals surface area contributed by atoms with Crippen LogP contribution in [0.3, 0.4) is 0 Å². The Hall–Kier alpha value is -2.78. The predicted molar refractivity (Wildman–Crippen MR) is 130 cm³/mol. The van der Waals surface area contributed by atoms with Gasteiger partial charge in [-0.1, -0.05) is 0 Å². The van der Waals surface area contributed by atoms with Crippen LogP contribution in [0.5, 0.6) is 0 Å². The highest BCUT2D eigenvalue weighted by molar-refractivity contribution is 7.18. The third kappa shape index (κ3) is 4.40. The molecule has 4 heterocycles. The van der Waals surface area contributed by atoms with Crippen molar-refractivity contribution >= 4 is 60.7 Å². The average molecular weight is 468 g/mol. The molecule has 0 spiro atoms. The van der Waals surface area contributed by atoms with E-state index in [2.05, 4.69) is 32.4 Å². The molecule has 3 aromatic heterocycles. The van der Waals surface area contributed by atoms with Crippen LogP contribution in [0.15, 0.2) is 36.1 Å². The maximum absolute atomic E-state index is 12.4. The quantitative estimate of drug-likeness (QED) is 0.389. The number of thiazole rings is 1. The van der Waals surface area contributed by atoms with Crippen LogP contribution < -0.4 is 5.32 Å². The molecule has 166 valence electrons. The van der Waals surface area contributed by atoms with E-state index < -0.39 is 5.60 Å². The van der Waals surface area contributed by atoms with Gasteiger partial charge in [-0.2, -0.15) is 0 Å². The van der Waals surface area contributed by atoms with Crippen LogP contribution >= 0.6 is 22.7 Å². The van der Waals surface area contributed by atoms with E-state index in [1.165, 1.54) is 9.58 Å². The molecule has 7 nitrogen and oxygen atoms in total. The van der Waals surface area contributed by atoms with Crippen LogP contribution in [-0.4, -0.2) is 44.6 Å². The van der Waals surface area contributed by atoms with Gasteiger partial charge in [0.2, 0.25) is 0 Å². The van der Waals surface area contributed by atoms with E-state index in [0.717, 1.165) is 40.1 Å². The highest BCUT2D eigenvalue weighted by Crippen LogP contribution is 2.38. The fourth-order valence-electron chi connectivity index (χ4n) is 3.92. The number of carbonyl (C=O) groups is 1. The van der Waals surface area contributed by atoms with Gasteiger partial charge in [0.1, 0.15) is 22.6 Å². The lowest BCUT2D eigenvalue weighted by Crippen LogP contribution is -2.41. The number of benzene rings is 1. The Morgan fingerprint density at radius 3 is 2.75 bits per heavy atom. The molecule has 1 aliphatic rings. The Balaban J connectivity index is 1.32. The minimum atomic E-state index is -0.467. The van der Waals surface area contributed by atoms with E-state index in [1.807, 2.05) is 43.3 Å². The standard InChI is InChI=1S/C23H25N5O2S2/c1-23(2,3)30-22(29)28-8-6-14(7-9-28)19-11-16-20(24-12-25-21(16)32-19)27-15-4-5-18-17(10-15)26-13-31-18/h4-5,10-14H,6-9H2,1-3H3,(H,24,25,27). The number of likely N-dealkylation sites (tertiary alicyclic amines) is 1. The number of anilines is 2. The maximum Gasteiger partial charge on any atom is 0.410 e. The molecule has 1 fully saturated rings. The molecule has 0 atom stereocenters. The zero-order valence-corrected chi connectivity index (χ0v) is 19.9. The van der Waals surface area contributed by atoms with E-state index >= 15 is 0 Å². The first-order valence-electron chi connectivity index (χ1n) is 10.7. The summed E-state index contributed by atoms with van der Waals surface area (Å²) in [6.07, 6.45) is 3.23. The van der Waals surface area contributed by atoms with Crippen molar-refractivity contribution in [2.45, 2.75) is 45.1 Å². The minimum absolute atomic E-state index is 0.221. The summed E-state index contributed by atoms with van der Waals surface area (Å²) < 4.78 is 6.68. The Morgan fingerprint density at radius 2 is 1.97 bits per heavy atom. The van der Waals surface area contributed by atoms with Crippen molar-refractivity contribution in [2.24, 2.45) is 0 Å². The predicted octanol–water partition coefficient (Wildman–Crippen LogP) is 6.16. The molecule has 32 heavy (non-hydrogen) atoms. The van der Waals surface area contributed by atoms with Crippen molar-refractivity contribution < 1.29 is 9.53 Å². The molecule has 4 aromatic rings. The first-order chi connectivity index (χ1) is 15.4. The molecule has 0 bridgehead atoms. The highest BCUT2D eigenvalue weighted by Gasteiger charge is 2.28. The zero-order chi connectivity index (χ0) is 22.3. The van der Waals surface area contributed by atoms with Crippen molar-refractivity contribution in [3.05, 3.63) is 41.0 Å². The van der Waals surface area contributed by atoms with Crippen molar-refractivity contribution in [2.75, 3.05) is 18.4 Å². The second kappa shape index (κ2) is 8.29. The Kier molecular flexibility index (Phi) is 5.46. The van der Waals surface area contributed by atoms with Crippen molar-refractivity contribution in [3.8, 4) is 0 Å². The topological polar surface area (TPSA) is 80.2 Å². The smallest absolute Gasteiger partial charge is 0.410 e. The third-order valence-electron chi connectivity index (χ3n) is 5.49. The number of piperidine rings is 1. The van der Waals surface area contributed by atoms with Crippen LogP contribution in [0, 0.1) is 0 Å². The van der Waals surface area contributed by atoms with Gasteiger partial charge in [0.05, 0.1) is 21.1 Å². The lowest BCUT2D eigenvalue weighted by atomic mass is 9.95. The van der Waals surface area contributed by atoms with E-state index in [-0.39, 0.29) is 6.09 Å². The number of fused-ring (bicyclic) bond motifs is 2. The molecule has 0 unspecified atom stereocenters. The monoisotopic (exact) mass is 467 g/mol. The van der Waals surface area contributed by atoms with E-state index in [1.54, 1.807) is 29.0 Å². The molecule has 0 radical (unpaired) electrons. The number of ether oxygens (including phenoxy) is 1. The van der Waals surface area contributed by atoms with E-state index in [4.69, 9.17) is 4.74 Å². The van der Waals surface area contributed by atoms with E-state index in [0.29, 0.717) is 19.0 Å². The van der Waals surface area contributed by atoms with Crippen molar-refractivity contribution in [3.63, 3.8) is 0 Å². The fraction of sp³-hybridized carbons (Fsp3) is 0.391. The molecule has 0 saturated carbocycles. The summed E-state index contributed by atoms with van der Waals surface area (Å²) in [5.74, 6) is 1.21. The zero-order valence-electron chi connectivity index (χ0n) is 18.3. The Bertz CT molecular complexity index is 1270. The van der Waals surface area contributed by atoms with Gasteiger partial charge in [-0.3, -0.25) is 0 Å². The van der Waals surface area contributed by atoms with Crippen LogP contribution in [0.25, 0.3) is 20.4 Å². The molecule has 9 heteroatoms. The number of carbonyl (C=O) groups excluding carboxylic acids is 1. The summed E-state index contributed by atoms with van der Waals surface area (Å²) >= 11 is 3.35. The summed E-state index contributed by atoms with van der Waals surface area (Å²) in [5, 5.41) is 4.47. The number of nitrogens with one attached hydrogen (secondary N) is 1. The van der Waals surface area contributed by atoms with Crippen LogP contribution in [0.2, 0.25) is 0 Å². The third-order valence-corrected chi connectivity index (χ3v) is 7.51. The van der Waals surface area contributed by atoms with Crippen molar-refractivity contribution in [1.29, 1.82) is 0 Å². The number of thiophene rings is 1. The average Bonchev–Trinajstić information content (AvgIpc) is 3.40. The van der Waals surface area contributed by atoms with Gasteiger partial charge in [-0.05, 0) is 63.8 Å². The van der Waals surface area contributed by atoms with Gasteiger partial charge in [0, 0.05) is 23.7 Å². The Morgan fingerprint density at radius 1 is 1.16 bits per heavy atom.